The molecule has 0 fully saturated rings. The monoisotopic (exact) mass is 400 g/mol. The van der Waals surface area contributed by atoms with Gasteiger partial charge in [-0.15, -0.1) is 0 Å². The average molecular weight is 401 g/mol. The molecule has 2 aromatic carbocycles. The third-order valence-electron chi connectivity index (χ3n) is 4.37. The Morgan fingerprint density at radius 1 is 1.07 bits per heavy atom. The van der Waals surface area contributed by atoms with Gasteiger partial charge in [0.25, 0.3) is 0 Å². The summed E-state index contributed by atoms with van der Waals surface area (Å²) in [6, 6.07) is 14.6. The van der Waals surface area contributed by atoms with E-state index in [0.29, 0.717) is 11.6 Å². The number of amides is 2. The molecule has 2 amide bonds. The molecular weight excluding hydrogens is 372 g/mol. The van der Waals surface area contributed by atoms with Crippen molar-refractivity contribution in [2.75, 3.05) is 0 Å². The highest BCUT2D eigenvalue weighted by atomic mass is 35.5. The third-order valence-corrected chi connectivity index (χ3v) is 4.62. The quantitative estimate of drug-likeness (QED) is 0.774. The van der Waals surface area contributed by atoms with Crippen LogP contribution in [-0.4, -0.2) is 28.3 Å². The Morgan fingerprint density at radius 2 is 1.71 bits per heavy atom. The van der Waals surface area contributed by atoms with E-state index in [1.54, 1.807) is 24.0 Å². The van der Waals surface area contributed by atoms with Gasteiger partial charge in [-0.25, -0.2) is 0 Å². The van der Waals surface area contributed by atoms with E-state index < -0.39 is 6.04 Å². The van der Waals surface area contributed by atoms with Crippen molar-refractivity contribution in [3.05, 3.63) is 70.2 Å². The summed E-state index contributed by atoms with van der Waals surface area (Å²) in [4.78, 5) is 27.5. The maximum Gasteiger partial charge on any atom is 0.242 e. The normalized spacial score (nSPS) is 12.4. The maximum atomic E-state index is 13.1. The Bertz CT molecular complexity index is 825. The van der Waals surface area contributed by atoms with Crippen LogP contribution in [-0.2, 0) is 22.6 Å². The highest BCUT2D eigenvalue weighted by Crippen LogP contribution is 2.16. The number of rotatable bonds is 6. The van der Waals surface area contributed by atoms with E-state index in [9.17, 15) is 9.59 Å². The lowest BCUT2D eigenvalue weighted by molar-refractivity contribution is -0.140. The molecule has 0 radical (unpaired) electrons. The fourth-order valence-electron chi connectivity index (χ4n) is 2.94. The number of hydrogen-bond donors (Lipinski definition) is 1. The zero-order chi connectivity index (χ0) is 20.9. The van der Waals surface area contributed by atoms with Crippen LogP contribution >= 0.6 is 11.6 Å². The highest BCUT2D eigenvalue weighted by molar-refractivity contribution is 6.30. The maximum absolute atomic E-state index is 13.1. The molecule has 28 heavy (non-hydrogen) atoms. The van der Waals surface area contributed by atoms with Crippen molar-refractivity contribution in [2.45, 2.75) is 59.2 Å². The lowest BCUT2D eigenvalue weighted by Gasteiger charge is -2.31. The van der Waals surface area contributed by atoms with Gasteiger partial charge in [-0.3, -0.25) is 9.59 Å². The van der Waals surface area contributed by atoms with Crippen LogP contribution in [0.15, 0.2) is 48.5 Å². The second-order valence-electron chi connectivity index (χ2n) is 8.23. The van der Waals surface area contributed by atoms with Gasteiger partial charge in [0.1, 0.15) is 6.04 Å². The summed E-state index contributed by atoms with van der Waals surface area (Å²) in [6.07, 6.45) is 0.252. The number of carbonyl (C=O) groups is 2. The van der Waals surface area contributed by atoms with E-state index >= 15 is 0 Å². The number of aryl methyl sites for hydroxylation is 1. The fraction of sp³-hybridized carbons (Fsp3) is 0.391. The second-order valence-corrected chi connectivity index (χ2v) is 8.67. The van der Waals surface area contributed by atoms with Crippen LogP contribution in [0.25, 0.3) is 0 Å². The number of halogens is 1. The molecule has 0 spiro atoms. The molecular formula is C23H29ClN2O2. The molecule has 0 bridgehead atoms. The van der Waals surface area contributed by atoms with E-state index in [1.165, 1.54) is 0 Å². The first-order chi connectivity index (χ1) is 13.0. The van der Waals surface area contributed by atoms with Gasteiger partial charge in [0.2, 0.25) is 11.8 Å². The molecule has 2 rings (SSSR count). The van der Waals surface area contributed by atoms with E-state index in [4.69, 9.17) is 11.6 Å². The fourth-order valence-corrected chi connectivity index (χ4v) is 3.07. The predicted molar refractivity (Wildman–Crippen MR) is 114 cm³/mol. The largest absolute Gasteiger partial charge is 0.350 e. The Morgan fingerprint density at radius 3 is 2.29 bits per heavy atom. The van der Waals surface area contributed by atoms with Gasteiger partial charge in [0, 0.05) is 17.1 Å². The molecule has 0 aromatic heterocycles. The van der Waals surface area contributed by atoms with Gasteiger partial charge < -0.3 is 10.2 Å². The molecule has 0 aliphatic carbocycles. The highest BCUT2D eigenvalue weighted by Gasteiger charge is 2.28. The first kappa shape index (κ1) is 22.0. The number of nitrogens with zero attached hydrogens (tertiary/aromatic N) is 1. The van der Waals surface area contributed by atoms with Crippen LogP contribution in [0.1, 0.15) is 44.4 Å². The van der Waals surface area contributed by atoms with Crippen molar-refractivity contribution in [2.24, 2.45) is 0 Å². The minimum Gasteiger partial charge on any atom is -0.350 e. The molecule has 150 valence electrons. The predicted octanol–water partition coefficient (Wildman–Crippen LogP) is 4.52. The zero-order valence-electron chi connectivity index (χ0n) is 17.3. The number of nitrogens with one attached hydrogen (secondary N) is 1. The topological polar surface area (TPSA) is 49.4 Å². The molecule has 4 nitrogen and oxygen atoms in total. The first-order valence-electron chi connectivity index (χ1n) is 9.46. The molecule has 0 unspecified atom stereocenters. The van der Waals surface area contributed by atoms with Crippen molar-refractivity contribution in [3.63, 3.8) is 0 Å². The van der Waals surface area contributed by atoms with Crippen LogP contribution in [0.3, 0.4) is 0 Å². The van der Waals surface area contributed by atoms with Crippen molar-refractivity contribution in [3.8, 4) is 0 Å². The molecule has 0 saturated carbocycles. The van der Waals surface area contributed by atoms with Gasteiger partial charge in [0.15, 0.2) is 0 Å². The number of benzene rings is 2. The van der Waals surface area contributed by atoms with E-state index in [1.807, 2.05) is 64.1 Å². The van der Waals surface area contributed by atoms with E-state index in [2.05, 4.69) is 5.32 Å². The molecule has 0 aliphatic heterocycles. The van der Waals surface area contributed by atoms with Crippen LogP contribution in [0.4, 0.5) is 0 Å². The lowest BCUT2D eigenvalue weighted by Crippen LogP contribution is -2.52. The van der Waals surface area contributed by atoms with Crippen molar-refractivity contribution in [1.29, 1.82) is 0 Å². The molecule has 1 N–H and O–H groups in total. The molecule has 0 heterocycles. The molecule has 0 saturated heterocycles. The minimum absolute atomic E-state index is 0.0860. The first-order valence-corrected chi connectivity index (χ1v) is 9.84. The summed E-state index contributed by atoms with van der Waals surface area (Å²) in [5, 5.41) is 3.61. The van der Waals surface area contributed by atoms with Crippen LogP contribution in [0.5, 0.6) is 0 Å². The molecule has 1 atom stereocenters. The van der Waals surface area contributed by atoms with Gasteiger partial charge in [0.05, 0.1) is 6.42 Å². The average Bonchev–Trinajstić information content (AvgIpc) is 2.59. The van der Waals surface area contributed by atoms with Gasteiger partial charge in [-0.2, -0.15) is 0 Å². The zero-order valence-corrected chi connectivity index (χ0v) is 18.0. The molecule has 2 aromatic rings. The molecule has 5 heteroatoms. The standard InChI is InChI=1S/C23H29ClN2O2/c1-16-7-6-8-19(13-16)14-21(27)26(15-18-9-11-20(24)12-10-18)17(2)22(28)25-23(3,4)5/h6-13,17H,14-15H2,1-5H3,(H,25,28)/t17-/m0/s1. The SMILES string of the molecule is Cc1cccc(CC(=O)N(Cc2ccc(Cl)cc2)[C@@H](C)C(=O)NC(C)(C)C)c1. The van der Waals surface area contributed by atoms with Crippen molar-refractivity contribution in [1.82, 2.24) is 10.2 Å². The summed E-state index contributed by atoms with van der Waals surface area (Å²) in [6.45, 7) is 9.89. The molecule has 0 aliphatic rings. The number of carbonyl (C=O) groups excluding carboxylic acids is 2. The van der Waals surface area contributed by atoms with Crippen molar-refractivity contribution >= 4 is 23.4 Å². The summed E-state index contributed by atoms with van der Waals surface area (Å²) >= 11 is 5.97. The Kier molecular flexibility index (Phi) is 7.25. The smallest absolute Gasteiger partial charge is 0.242 e. The summed E-state index contributed by atoms with van der Waals surface area (Å²) in [7, 11) is 0. The Hall–Kier alpha value is -2.33. The Balaban J connectivity index is 2.24. The van der Waals surface area contributed by atoms with Crippen LogP contribution in [0, 0.1) is 6.92 Å². The summed E-state index contributed by atoms with van der Waals surface area (Å²) in [5.41, 5.74) is 2.61. The van der Waals surface area contributed by atoms with Crippen LogP contribution < -0.4 is 5.32 Å². The van der Waals surface area contributed by atoms with E-state index in [-0.39, 0.29) is 23.8 Å². The second kappa shape index (κ2) is 9.24. The third kappa shape index (κ3) is 6.68. The van der Waals surface area contributed by atoms with Gasteiger partial charge >= 0.3 is 0 Å². The van der Waals surface area contributed by atoms with Crippen molar-refractivity contribution < 1.29 is 9.59 Å². The van der Waals surface area contributed by atoms with Crippen LogP contribution in [0.2, 0.25) is 5.02 Å². The number of hydrogen-bond acceptors (Lipinski definition) is 2. The lowest BCUT2D eigenvalue weighted by atomic mass is 10.1. The minimum atomic E-state index is -0.591. The van der Waals surface area contributed by atoms with Gasteiger partial charge in [-0.1, -0.05) is 53.6 Å². The van der Waals surface area contributed by atoms with Gasteiger partial charge in [-0.05, 0) is 57.9 Å². The summed E-state index contributed by atoms with van der Waals surface area (Å²) < 4.78 is 0. The van der Waals surface area contributed by atoms with E-state index in [0.717, 1.165) is 16.7 Å². The summed E-state index contributed by atoms with van der Waals surface area (Å²) in [5.74, 6) is -0.254. The Labute approximate surface area is 172 Å².